The van der Waals surface area contributed by atoms with E-state index in [1.165, 1.54) is 193 Å². The van der Waals surface area contributed by atoms with Crippen LogP contribution in [0.25, 0.3) is 0 Å². The monoisotopic (exact) mass is 875 g/mol. The molecule has 0 aromatic heterocycles. The molecule has 0 rings (SSSR count). The summed E-state index contributed by atoms with van der Waals surface area (Å²) in [6.45, 7) is 6.64. The van der Waals surface area contributed by atoms with Gasteiger partial charge in [-0.3, -0.25) is 14.4 Å². The molecule has 0 N–H and O–H groups in total. The zero-order valence-corrected chi connectivity index (χ0v) is 41.9. The molecule has 0 aromatic rings. The minimum absolute atomic E-state index is 0.0678. The van der Waals surface area contributed by atoms with Crippen LogP contribution in [0.1, 0.15) is 310 Å². The van der Waals surface area contributed by atoms with Crippen molar-refractivity contribution in [2.24, 2.45) is 0 Å². The molecule has 0 saturated heterocycles. The van der Waals surface area contributed by atoms with Crippen molar-refractivity contribution in [3.63, 3.8) is 0 Å². The number of carbonyl (C=O) groups is 3. The van der Waals surface area contributed by atoms with Gasteiger partial charge in [-0.2, -0.15) is 0 Å². The Balaban J connectivity index is 4.24. The summed E-state index contributed by atoms with van der Waals surface area (Å²) in [5.74, 6) is -0.861. The van der Waals surface area contributed by atoms with Crippen molar-refractivity contribution < 1.29 is 28.6 Å². The number of hydrogen-bond acceptors (Lipinski definition) is 6. The van der Waals surface area contributed by atoms with Crippen LogP contribution < -0.4 is 0 Å². The first-order chi connectivity index (χ1) is 30.5. The lowest BCUT2D eigenvalue weighted by Crippen LogP contribution is -2.30. The lowest BCUT2D eigenvalue weighted by Gasteiger charge is -2.18. The van der Waals surface area contributed by atoms with Crippen LogP contribution in [-0.2, 0) is 28.6 Å². The van der Waals surface area contributed by atoms with Gasteiger partial charge in [0.05, 0.1) is 0 Å². The molecule has 6 heteroatoms. The van der Waals surface area contributed by atoms with Crippen LogP contribution >= 0.6 is 0 Å². The van der Waals surface area contributed by atoms with Crippen LogP contribution in [0.3, 0.4) is 0 Å². The first kappa shape index (κ1) is 60.2. The fourth-order valence-corrected chi connectivity index (χ4v) is 8.31. The highest BCUT2D eigenvalue weighted by atomic mass is 16.6. The van der Waals surface area contributed by atoms with Gasteiger partial charge in [0.1, 0.15) is 13.2 Å². The number of rotatable bonds is 51. The van der Waals surface area contributed by atoms with E-state index in [0.717, 1.165) is 77.0 Å². The number of esters is 3. The van der Waals surface area contributed by atoms with Crippen LogP contribution in [0, 0.1) is 0 Å². The van der Waals surface area contributed by atoms with Gasteiger partial charge >= 0.3 is 17.9 Å². The van der Waals surface area contributed by atoms with Gasteiger partial charge in [0.25, 0.3) is 0 Å². The van der Waals surface area contributed by atoms with Crippen molar-refractivity contribution >= 4 is 17.9 Å². The van der Waals surface area contributed by atoms with E-state index >= 15 is 0 Å². The fourth-order valence-electron chi connectivity index (χ4n) is 8.31. The van der Waals surface area contributed by atoms with Crippen LogP contribution in [0.2, 0.25) is 0 Å². The molecule has 0 aromatic carbocycles. The van der Waals surface area contributed by atoms with Gasteiger partial charge in [-0.25, -0.2) is 0 Å². The van der Waals surface area contributed by atoms with Crippen molar-refractivity contribution in [3.05, 3.63) is 12.2 Å². The van der Waals surface area contributed by atoms with E-state index in [2.05, 4.69) is 32.9 Å². The predicted octanol–water partition coefficient (Wildman–Crippen LogP) is 18.2. The summed E-state index contributed by atoms with van der Waals surface area (Å²) in [7, 11) is 0. The van der Waals surface area contributed by atoms with Crippen LogP contribution in [-0.4, -0.2) is 37.2 Å². The Morgan fingerprint density at radius 2 is 0.548 bits per heavy atom. The Hall–Kier alpha value is -1.85. The maximum atomic E-state index is 12.8. The standard InChI is InChI=1S/C56H106O6/c1-4-7-10-13-16-19-22-24-26-27-28-29-31-32-34-37-40-43-46-49-55(58)61-52-53(51-60-54(57)48-45-42-39-36-21-18-15-12-9-6-3)62-56(59)50-47-44-41-38-35-33-30-25-23-20-17-14-11-8-5-2/h15,18,53H,4-14,16-17,19-52H2,1-3H3/b18-15-. The zero-order chi connectivity index (χ0) is 45.1. The molecule has 0 aliphatic carbocycles. The average molecular weight is 875 g/mol. The maximum absolute atomic E-state index is 12.8. The first-order valence-corrected chi connectivity index (χ1v) is 27.7. The second kappa shape index (κ2) is 51.8. The van der Waals surface area contributed by atoms with Gasteiger partial charge in [-0.05, 0) is 38.5 Å². The third kappa shape index (κ3) is 49.2. The van der Waals surface area contributed by atoms with E-state index in [-0.39, 0.29) is 31.1 Å². The van der Waals surface area contributed by atoms with E-state index in [1.54, 1.807) is 0 Å². The maximum Gasteiger partial charge on any atom is 0.306 e. The summed E-state index contributed by atoms with van der Waals surface area (Å²) in [5.41, 5.74) is 0. The SMILES string of the molecule is CCCC/C=C\CCCCCCC(=O)OCC(COC(=O)CCCCCCCCCCCCCCCCCCCCC)OC(=O)CCCCCCCCCCCCCCCCC. The Morgan fingerprint density at radius 3 is 0.855 bits per heavy atom. The highest BCUT2D eigenvalue weighted by Gasteiger charge is 2.19. The Kier molecular flexibility index (Phi) is 50.2. The van der Waals surface area contributed by atoms with Gasteiger partial charge in [-0.1, -0.05) is 264 Å². The fraction of sp³-hybridized carbons (Fsp3) is 0.911. The van der Waals surface area contributed by atoms with Crippen molar-refractivity contribution in [2.45, 2.75) is 316 Å². The summed E-state index contributed by atoms with van der Waals surface area (Å²) in [4.78, 5) is 38.0. The van der Waals surface area contributed by atoms with Crippen molar-refractivity contribution in [3.8, 4) is 0 Å². The quantitative estimate of drug-likeness (QED) is 0.0262. The molecule has 1 atom stereocenters. The Morgan fingerprint density at radius 1 is 0.306 bits per heavy atom. The van der Waals surface area contributed by atoms with E-state index in [4.69, 9.17) is 14.2 Å². The second-order valence-electron chi connectivity index (χ2n) is 18.9. The van der Waals surface area contributed by atoms with Crippen LogP contribution in [0.5, 0.6) is 0 Å². The lowest BCUT2D eigenvalue weighted by molar-refractivity contribution is -0.167. The summed E-state index contributed by atoms with van der Waals surface area (Å²) < 4.78 is 16.8. The molecule has 0 radical (unpaired) electrons. The molecule has 0 heterocycles. The second-order valence-corrected chi connectivity index (χ2v) is 18.9. The largest absolute Gasteiger partial charge is 0.462 e. The average Bonchev–Trinajstić information content (AvgIpc) is 3.27. The smallest absolute Gasteiger partial charge is 0.306 e. The lowest BCUT2D eigenvalue weighted by atomic mass is 10.0. The van der Waals surface area contributed by atoms with Gasteiger partial charge in [0.2, 0.25) is 0 Å². The van der Waals surface area contributed by atoms with E-state index in [9.17, 15) is 14.4 Å². The number of unbranched alkanes of at least 4 members (excludes halogenated alkanes) is 38. The molecule has 0 fully saturated rings. The van der Waals surface area contributed by atoms with Gasteiger partial charge in [0, 0.05) is 19.3 Å². The molecule has 0 aliphatic rings. The summed E-state index contributed by atoms with van der Waals surface area (Å²) in [6.07, 6.45) is 57.8. The highest BCUT2D eigenvalue weighted by Crippen LogP contribution is 2.17. The molecule has 6 nitrogen and oxygen atoms in total. The molecule has 0 amide bonds. The number of ether oxygens (including phenoxy) is 3. The third-order valence-corrected chi connectivity index (χ3v) is 12.5. The van der Waals surface area contributed by atoms with Crippen molar-refractivity contribution in [1.29, 1.82) is 0 Å². The van der Waals surface area contributed by atoms with E-state index in [0.29, 0.717) is 19.3 Å². The Bertz CT molecular complexity index is 962. The predicted molar refractivity (Wildman–Crippen MR) is 266 cm³/mol. The zero-order valence-electron chi connectivity index (χ0n) is 41.9. The molecule has 1 unspecified atom stereocenters. The Labute approximate surface area is 386 Å². The van der Waals surface area contributed by atoms with E-state index < -0.39 is 6.10 Å². The minimum atomic E-state index is -0.767. The minimum Gasteiger partial charge on any atom is -0.462 e. The summed E-state index contributed by atoms with van der Waals surface area (Å²) in [6, 6.07) is 0. The van der Waals surface area contributed by atoms with Gasteiger partial charge in [-0.15, -0.1) is 0 Å². The van der Waals surface area contributed by atoms with Crippen LogP contribution in [0.4, 0.5) is 0 Å². The molecule has 0 aliphatic heterocycles. The summed E-state index contributed by atoms with van der Waals surface area (Å²) in [5, 5.41) is 0. The molecule has 62 heavy (non-hydrogen) atoms. The molecule has 0 spiro atoms. The molecule has 0 saturated carbocycles. The van der Waals surface area contributed by atoms with Gasteiger partial charge < -0.3 is 14.2 Å². The molecule has 366 valence electrons. The number of hydrogen-bond donors (Lipinski definition) is 0. The number of carbonyl (C=O) groups excluding carboxylic acids is 3. The highest BCUT2D eigenvalue weighted by molar-refractivity contribution is 5.71. The molecular weight excluding hydrogens is 769 g/mol. The number of allylic oxidation sites excluding steroid dienone is 2. The molecular formula is C56H106O6. The third-order valence-electron chi connectivity index (χ3n) is 12.5. The molecule has 0 bridgehead atoms. The summed E-state index contributed by atoms with van der Waals surface area (Å²) >= 11 is 0. The van der Waals surface area contributed by atoms with Gasteiger partial charge in [0.15, 0.2) is 6.10 Å². The topological polar surface area (TPSA) is 78.9 Å². The first-order valence-electron chi connectivity index (χ1n) is 27.7. The van der Waals surface area contributed by atoms with Crippen LogP contribution in [0.15, 0.2) is 12.2 Å². The van der Waals surface area contributed by atoms with Crippen molar-refractivity contribution in [2.75, 3.05) is 13.2 Å². The van der Waals surface area contributed by atoms with Crippen molar-refractivity contribution in [1.82, 2.24) is 0 Å². The van der Waals surface area contributed by atoms with E-state index in [1.807, 2.05) is 0 Å². The normalized spacial score (nSPS) is 12.0.